The molecule has 0 aromatic heterocycles. The van der Waals surface area contributed by atoms with E-state index in [9.17, 15) is 9.59 Å². The van der Waals surface area contributed by atoms with Gasteiger partial charge in [-0.3, -0.25) is 9.59 Å². The van der Waals surface area contributed by atoms with Crippen LogP contribution in [0.2, 0.25) is 0 Å². The molecule has 1 aromatic rings. The maximum atomic E-state index is 11.8. The predicted molar refractivity (Wildman–Crippen MR) is 89.1 cm³/mol. The summed E-state index contributed by atoms with van der Waals surface area (Å²) < 4.78 is 16.2. The maximum Gasteiger partial charge on any atom is 0.306 e. The molecule has 1 aliphatic rings. The Labute approximate surface area is 142 Å². The van der Waals surface area contributed by atoms with Gasteiger partial charge in [-0.15, -0.1) is 0 Å². The first-order valence-corrected chi connectivity index (χ1v) is 8.44. The molecule has 1 aliphatic carbocycles. The lowest BCUT2D eigenvalue weighted by Gasteiger charge is -2.14. The van der Waals surface area contributed by atoms with Gasteiger partial charge >= 0.3 is 5.97 Å². The standard InChI is InChI=1S/C18H25NO5/c1-3-22-15-7-4-5-8-16(15)23-12-6-9-17(20)24-13(2)18(21)19-14-10-11-14/h4-5,7-8,13-14H,3,6,9-12H2,1-2H3,(H,19,21)/t13-/m1/s1. The summed E-state index contributed by atoms with van der Waals surface area (Å²) in [6.45, 7) is 4.44. The van der Waals surface area contributed by atoms with Crippen molar-refractivity contribution in [2.75, 3.05) is 13.2 Å². The molecular formula is C18H25NO5. The zero-order valence-corrected chi connectivity index (χ0v) is 14.2. The smallest absolute Gasteiger partial charge is 0.306 e. The molecule has 132 valence electrons. The van der Waals surface area contributed by atoms with Crippen molar-refractivity contribution in [2.24, 2.45) is 0 Å². The molecule has 0 saturated heterocycles. The van der Waals surface area contributed by atoms with Crippen molar-refractivity contribution in [2.45, 2.75) is 51.7 Å². The van der Waals surface area contributed by atoms with Crippen molar-refractivity contribution in [3.8, 4) is 11.5 Å². The third-order valence-corrected chi connectivity index (χ3v) is 3.53. The average Bonchev–Trinajstić information content (AvgIpc) is 3.37. The highest BCUT2D eigenvalue weighted by atomic mass is 16.5. The highest BCUT2D eigenvalue weighted by Crippen LogP contribution is 2.26. The molecule has 0 heterocycles. The van der Waals surface area contributed by atoms with Crippen molar-refractivity contribution in [1.82, 2.24) is 5.32 Å². The number of hydrogen-bond donors (Lipinski definition) is 1. The van der Waals surface area contributed by atoms with Gasteiger partial charge in [0.15, 0.2) is 17.6 Å². The first kappa shape index (κ1) is 18.1. The highest BCUT2D eigenvalue weighted by molar-refractivity contribution is 5.83. The van der Waals surface area contributed by atoms with Crippen molar-refractivity contribution >= 4 is 11.9 Å². The van der Waals surface area contributed by atoms with Crippen LogP contribution in [0.5, 0.6) is 11.5 Å². The molecule has 0 unspecified atom stereocenters. The number of para-hydroxylation sites is 2. The van der Waals surface area contributed by atoms with Crippen LogP contribution in [0.3, 0.4) is 0 Å². The molecule has 1 amide bonds. The fourth-order valence-electron chi connectivity index (χ4n) is 2.10. The Bertz CT molecular complexity index is 556. The summed E-state index contributed by atoms with van der Waals surface area (Å²) in [4.78, 5) is 23.5. The molecule has 0 aliphatic heterocycles. The van der Waals surface area contributed by atoms with Gasteiger partial charge in [-0.25, -0.2) is 0 Å². The van der Waals surface area contributed by atoms with E-state index < -0.39 is 12.1 Å². The third kappa shape index (κ3) is 6.10. The number of hydrogen-bond acceptors (Lipinski definition) is 5. The number of carbonyl (C=O) groups is 2. The number of rotatable bonds is 10. The van der Waals surface area contributed by atoms with Gasteiger partial charge in [0.2, 0.25) is 0 Å². The van der Waals surface area contributed by atoms with Crippen LogP contribution in [0.1, 0.15) is 39.5 Å². The van der Waals surface area contributed by atoms with E-state index in [-0.39, 0.29) is 18.4 Å². The minimum Gasteiger partial charge on any atom is -0.490 e. The van der Waals surface area contributed by atoms with Crippen LogP contribution in [-0.4, -0.2) is 37.2 Å². The van der Waals surface area contributed by atoms with Crippen molar-refractivity contribution in [1.29, 1.82) is 0 Å². The van der Waals surface area contributed by atoms with Crippen molar-refractivity contribution in [3.05, 3.63) is 24.3 Å². The SMILES string of the molecule is CCOc1ccccc1OCCCC(=O)O[C@H](C)C(=O)NC1CC1. The van der Waals surface area contributed by atoms with Crippen molar-refractivity contribution < 1.29 is 23.8 Å². The average molecular weight is 335 g/mol. The van der Waals surface area contributed by atoms with Gasteiger partial charge in [-0.05, 0) is 45.2 Å². The summed E-state index contributed by atoms with van der Waals surface area (Å²) >= 11 is 0. The van der Waals surface area contributed by atoms with E-state index >= 15 is 0 Å². The number of amides is 1. The normalized spacial score (nSPS) is 14.6. The van der Waals surface area contributed by atoms with Crippen LogP contribution < -0.4 is 14.8 Å². The van der Waals surface area contributed by atoms with Gasteiger partial charge in [-0.1, -0.05) is 12.1 Å². The van der Waals surface area contributed by atoms with Crippen LogP contribution in [0.25, 0.3) is 0 Å². The van der Waals surface area contributed by atoms with Crippen LogP contribution in [0.4, 0.5) is 0 Å². The van der Waals surface area contributed by atoms with Crippen LogP contribution in [-0.2, 0) is 14.3 Å². The lowest BCUT2D eigenvalue weighted by Crippen LogP contribution is -2.37. The molecule has 1 N–H and O–H groups in total. The Balaban J connectivity index is 1.64. The molecule has 6 heteroatoms. The van der Waals surface area contributed by atoms with E-state index in [1.54, 1.807) is 6.92 Å². The number of ether oxygens (including phenoxy) is 3. The van der Waals surface area contributed by atoms with Gasteiger partial charge < -0.3 is 19.5 Å². The highest BCUT2D eigenvalue weighted by Gasteiger charge is 2.27. The van der Waals surface area contributed by atoms with E-state index in [2.05, 4.69) is 5.32 Å². The second kappa shape index (κ2) is 9.15. The van der Waals surface area contributed by atoms with E-state index in [4.69, 9.17) is 14.2 Å². The lowest BCUT2D eigenvalue weighted by molar-refractivity contribution is -0.155. The summed E-state index contributed by atoms with van der Waals surface area (Å²) in [6, 6.07) is 7.67. The Morgan fingerprint density at radius 3 is 2.50 bits per heavy atom. The van der Waals surface area contributed by atoms with Gasteiger partial charge in [0.1, 0.15) is 0 Å². The summed E-state index contributed by atoms with van der Waals surface area (Å²) in [7, 11) is 0. The molecule has 1 aromatic carbocycles. The van der Waals surface area contributed by atoms with Crippen LogP contribution in [0.15, 0.2) is 24.3 Å². The second-order valence-electron chi connectivity index (χ2n) is 5.75. The molecule has 0 bridgehead atoms. The van der Waals surface area contributed by atoms with Gasteiger partial charge in [-0.2, -0.15) is 0 Å². The zero-order chi connectivity index (χ0) is 17.4. The first-order chi connectivity index (χ1) is 11.6. The molecule has 6 nitrogen and oxygen atoms in total. The largest absolute Gasteiger partial charge is 0.490 e. The van der Waals surface area contributed by atoms with Gasteiger partial charge in [0.25, 0.3) is 5.91 Å². The minimum absolute atomic E-state index is 0.206. The van der Waals surface area contributed by atoms with Gasteiger partial charge in [0.05, 0.1) is 13.2 Å². The van der Waals surface area contributed by atoms with E-state index in [1.165, 1.54) is 0 Å². The number of nitrogens with one attached hydrogen (secondary N) is 1. The fraction of sp³-hybridized carbons (Fsp3) is 0.556. The Morgan fingerprint density at radius 1 is 1.21 bits per heavy atom. The van der Waals surface area contributed by atoms with E-state index in [0.717, 1.165) is 12.8 Å². The first-order valence-electron chi connectivity index (χ1n) is 8.44. The molecule has 0 spiro atoms. The number of carbonyl (C=O) groups excluding carboxylic acids is 2. The molecule has 1 fully saturated rings. The molecule has 2 rings (SSSR count). The van der Waals surface area contributed by atoms with E-state index in [1.807, 2.05) is 31.2 Å². The number of esters is 1. The summed E-state index contributed by atoms with van der Waals surface area (Å²) in [5.41, 5.74) is 0. The topological polar surface area (TPSA) is 73.9 Å². The number of benzene rings is 1. The Kier molecular flexibility index (Phi) is 6.90. The maximum absolute atomic E-state index is 11.8. The Morgan fingerprint density at radius 2 is 1.88 bits per heavy atom. The summed E-state index contributed by atoms with van der Waals surface area (Å²) in [5, 5.41) is 2.81. The lowest BCUT2D eigenvalue weighted by atomic mass is 10.3. The zero-order valence-electron chi connectivity index (χ0n) is 14.2. The summed E-state index contributed by atoms with van der Waals surface area (Å²) in [5.74, 6) is 0.723. The van der Waals surface area contributed by atoms with Gasteiger partial charge in [0, 0.05) is 12.5 Å². The molecule has 0 radical (unpaired) electrons. The second-order valence-corrected chi connectivity index (χ2v) is 5.75. The Hall–Kier alpha value is -2.24. The molecular weight excluding hydrogens is 310 g/mol. The molecule has 1 saturated carbocycles. The summed E-state index contributed by atoms with van der Waals surface area (Å²) in [6.07, 6.45) is 1.98. The third-order valence-electron chi connectivity index (χ3n) is 3.53. The predicted octanol–water partition coefficient (Wildman–Crippen LogP) is 2.45. The van der Waals surface area contributed by atoms with Crippen LogP contribution >= 0.6 is 0 Å². The minimum atomic E-state index is -0.752. The van der Waals surface area contributed by atoms with E-state index in [0.29, 0.717) is 31.1 Å². The quantitative estimate of drug-likeness (QED) is 0.525. The molecule has 24 heavy (non-hydrogen) atoms. The molecule has 1 atom stereocenters. The van der Waals surface area contributed by atoms with Crippen LogP contribution in [0, 0.1) is 0 Å². The monoisotopic (exact) mass is 335 g/mol. The van der Waals surface area contributed by atoms with Crippen molar-refractivity contribution in [3.63, 3.8) is 0 Å². The fourth-order valence-corrected chi connectivity index (χ4v) is 2.10.